The van der Waals surface area contributed by atoms with Crippen molar-refractivity contribution in [2.45, 2.75) is 13.5 Å². The molecule has 0 aliphatic rings. The fourth-order valence-electron chi connectivity index (χ4n) is 3.76. The van der Waals surface area contributed by atoms with Crippen LogP contribution in [0.25, 0.3) is 16.8 Å². The molecule has 0 saturated carbocycles. The van der Waals surface area contributed by atoms with Crippen LogP contribution in [0.4, 0.5) is 0 Å². The summed E-state index contributed by atoms with van der Waals surface area (Å²) in [7, 11) is 3.30. The Morgan fingerprint density at radius 1 is 1.09 bits per heavy atom. The quantitative estimate of drug-likeness (QED) is 0.413. The van der Waals surface area contributed by atoms with Gasteiger partial charge in [-0.15, -0.1) is 0 Å². The van der Waals surface area contributed by atoms with Crippen molar-refractivity contribution in [2.75, 3.05) is 7.11 Å². The fraction of sp³-hybridized carbons (Fsp3) is 0.160. The molecule has 0 amide bonds. The lowest BCUT2D eigenvalue weighted by molar-refractivity contribution is 0.274. The molecule has 2 aromatic carbocycles. The van der Waals surface area contributed by atoms with Gasteiger partial charge in [-0.1, -0.05) is 24.3 Å². The summed E-state index contributed by atoms with van der Waals surface area (Å²) in [5.41, 5.74) is 2.60. The first kappa shape index (κ1) is 23.1. The van der Waals surface area contributed by atoms with Crippen molar-refractivity contribution >= 4 is 15.9 Å². The molecule has 172 valence electrons. The molecular formula is C25H21BrN4O4. The SMILES string of the molecule is COc1cc(-c2cc(C)[nH]c(=O)c2C#N)ccc1OCc1c(Br)c(=O)n(-c2ccccc2)n1C. The van der Waals surface area contributed by atoms with Gasteiger partial charge >= 0.3 is 0 Å². The molecule has 4 aromatic rings. The van der Waals surface area contributed by atoms with Crippen LogP contribution < -0.4 is 20.6 Å². The number of hydrogen-bond donors (Lipinski definition) is 1. The van der Waals surface area contributed by atoms with Gasteiger partial charge in [0, 0.05) is 18.3 Å². The van der Waals surface area contributed by atoms with E-state index in [1.165, 1.54) is 7.11 Å². The molecule has 4 rings (SSSR count). The molecule has 34 heavy (non-hydrogen) atoms. The van der Waals surface area contributed by atoms with Gasteiger partial charge in [0.2, 0.25) is 0 Å². The number of ether oxygens (including phenoxy) is 2. The van der Waals surface area contributed by atoms with Gasteiger partial charge in [-0.25, -0.2) is 4.68 Å². The first-order valence-corrected chi connectivity index (χ1v) is 11.1. The van der Waals surface area contributed by atoms with Crippen LogP contribution in [-0.2, 0) is 13.7 Å². The van der Waals surface area contributed by atoms with Gasteiger partial charge in [0.25, 0.3) is 11.1 Å². The lowest BCUT2D eigenvalue weighted by Crippen LogP contribution is -2.19. The largest absolute Gasteiger partial charge is 0.493 e. The monoisotopic (exact) mass is 520 g/mol. The zero-order valence-electron chi connectivity index (χ0n) is 18.8. The third kappa shape index (κ3) is 4.16. The van der Waals surface area contributed by atoms with Gasteiger partial charge in [0.05, 0.1) is 18.5 Å². The molecule has 0 unspecified atom stereocenters. The second kappa shape index (κ2) is 9.45. The van der Waals surface area contributed by atoms with Gasteiger partial charge in [-0.3, -0.25) is 14.3 Å². The van der Waals surface area contributed by atoms with Gasteiger partial charge in [-0.2, -0.15) is 5.26 Å². The summed E-state index contributed by atoms with van der Waals surface area (Å²) in [5, 5.41) is 9.44. The number of benzene rings is 2. The summed E-state index contributed by atoms with van der Waals surface area (Å²) in [6.07, 6.45) is 0. The maximum Gasteiger partial charge on any atom is 0.286 e. The number of H-pyrrole nitrogens is 1. The van der Waals surface area contributed by atoms with Crippen molar-refractivity contribution in [1.82, 2.24) is 14.3 Å². The van der Waals surface area contributed by atoms with Crippen LogP contribution >= 0.6 is 15.9 Å². The van der Waals surface area contributed by atoms with Crippen molar-refractivity contribution in [1.29, 1.82) is 5.26 Å². The number of halogens is 1. The number of pyridine rings is 1. The zero-order chi connectivity index (χ0) is 24.4. The molecule has 1 N–H and O–H groups in total. The van der Waals surface area contributed by atoms with E-state index in [-0.39, 0.29) is 17.7 Å². The molecule has 8 nitrogen and oxygen atoms in total. The number of aromatic nitrogens is 3. The molecule has 0 aliphatic heterocycles. The summed E-state index contributed by atoms with van der Waals surface area (Å²) in [6.45, 7) is 1.86. The summed E-state index contributed by atoms with van der Waals surface area (Å²) < 4.78 is 15.2. The molecule has 2 heterocycles. The number of aryl methyl sites for hydroxylation is 1. The Kier molecular flexibility index (Phi) is 6.43. The van der Waals surface area contributed by atoms with Crippen molar-refractivity contribution < 1.29 is 9.47 Å². The third-order valence-electron chi connectivity index (χ3n) is 5.44. The van der Waals surface area contributed by atoms with Crippen molar-refractivity contribution in [3.8, 4) is 34.4 Å². The van der Waals surface area contributed by atoms with Crippen LogP contribution in [-0.4, -0.2) is 21.5 Å². The molecule has 9 heteroatoms. The standard InChI is InChI=1S/C25H21BrN4O4/c1-15-11-18(19(13-27)24(31)28-15)16-9-10-21(22(12-16)33-3)34-14-20-23(26)25(32)30(29(20)2)17-7-5-4-6-8-17/h4-12H,14H2,1-3H3,(H,28,31). The number of nitrogens with zero attached hydrogens (tertiary/aromatic N) is 3. The second-order valence-corrected chi connectivity index (χ2v) is 8.37. The lowest BCUT2D eigenvalue weighted by Gasteiger charge is -2.14. The molecular weight excluding hydrogens is 500 g/mol. The van der Waals surface area contributed by atoms with Crippen LogP contribution in [0.5, 0.6) is 11.5 Å². The maximum atomic E-state index is 12.8. The zero-order valence-corrected chi connectivity index (χ0v) is 20.3. The summed E-state index contributed by atoms with van der Waals surface area (Å²) >= 11 is 3.40. The Balaban J connectivity index is 1.67. The Morgan fingerprint density at radius 2 is 1.82 bits per heavy atom. The predicted octanol–water partition coefficient (Wildman–Crippen LogP) is 4.06. The van der Waals surface area contributed by atoms with Crippen molar-refractivity contribution in [3.63, 3.8) is 0 Å². The molecule has 0 bridgehead atoms. The highest BCUT2D eigenvalue weighted by atomic mass is 79.9. The Bertz CT molecular complexity index is 1530. The number of aromatic amines is 1. The van der Waals surface area contributed by atoms with E-state index < -0.39 is 5.56 Å². The molecule has 0 aliphatic carbocycles. The molecule has 0 saturated heterocycles. The number of nitriles is 1. The van der Waals surface area contributed by atoms with Crippen LogP contribution in [0.15, 0.2) is 68.7 Å². The highest BCUT2D eigenvalue weighted by molar-refractivity contribution is 9.10. The van der Waals surface area contributed by atoms with E-state index in [1.807, 2.05) is 36.4 Å². The van der Waals surface area contributed by atoms with E-state index in [1.54, 1.807) is 47.6 Å². The van der Waals surface area contributed by atoms with Gasteiger partial charge in [-0.05, 0) is 58.7 Å². The third-order valence-corrected chi connectivity index (χ3v) is 6.24. The van der Waals surface area contributed by atoms with E-state index in [0.29, 0.717) is 38.5 Å². The van der Waals surface area contributed by atoms with Crippen LogP contribution in [0.2, 0.25) is 0 Å². The highest BCUT2D eigenvalue weighted by Crippen LogP contribution is 2.34. The first-order valence-electron chi connectivity index (χ1n) is 10.3. The van der Waals surface area contributed by atoms with Crippen molar-refractivity contribution in [2.24, 2.45) is 7.05 Å². The lowest BCUT2D eigenvalue weighted by atomic mass is 10.0. The van der Waals surface area contributed by atoms with Crippen LogP contribution in [0.3, 0.4) is 0 Å². The molecule has 0 fully saturated rings. The van der Waals surface area contributed by atoms with Crippen LogP contribution in [0.1, 0.15) is 17.0 Å². The Hall–Kier alpha value is -4.03. The Morgan fingerprint density at radius 3 is 2.50 bits per heavy atom. The minimum atomic E-state index is -0.439. The molecule has 0 radical (unpaired) electrons. The van der Waals surface area contributed by atoms with E-state index >= 15 is 0 Å². The average Bonchev–Trinajstić information content (AvgIpc) is 3.05. The van der Waals surface area contributed by atoms with Gasteiger partial charge < -0.3 is 14.5 Å². The number of rotatable bonds is 6. The minimum Gasteiger partial charge on any atom is -0.493 e. The van der Waals surface area contributed by atoms with E-state index in [4.69, 9.17) is 9.47 Å². The fourth-order valence-corrected chi connectivity index (χ4v) is 4.30. The van der Waals surface area contributed by atoms with E-state index in [2.05, 4.69) is 20.9 Å². The second-order valence-electron chi connectivity index (χ2n) is 7.57. The number of methoxy groups -OCH3 is 1. The summed E-state index contributed by atoms with van der Waals surface area (Å²) in [6, 6.07) is 18.2. The normalized spacial score (nSPS) is 10.7. The first-order chi connectivity index (χ1) is 16.3. The van der Waals surface area contributed by atoms with Gasteiger partial charge in [0.1, 0.15) is 22.7 Å². The van der Waals surface area contributed by atoms with Gasteiger partial charge in [0.15, 0.2) is 11.5 Å². The maximum absolute atomic E-state index is 12.8. The molecule has 2 aromatic heterocycles. The highest BCUT2D eigenvalue weighted by Gasteiger charge is 2.19. The van der Waals surface area contributed by atoms with E-state index in [9.17, 15) is 14.9 Å². The minimum absolute atomic E-state index is 0.0301. The number of hydrogen-bond acceptors (Lipinski definition) is 5. The van der Waals surface area contributed by atoms with Crippen LogP contribution in [0, 0.1) is 18.3 Å². The molecule has 0 spiro atoms. The average molecular weight is 521 g/mol. The molecule has 0 atom stereocenters. The smallest absolute Gasteiger partial charge is 0.286 e. The summed E-state index contributed by atoms with van der Waals surface area (Å²) in [4.78, 5) is 27.6. The van der Waals surface area contributed by atoms with Crippen molar-refractivity contribution in [3.05, 3.63) is 96.7 Å². The predicted molar refractivity (Wildman–Crippen MR) is 132 cm³/mol. The van der Waals surface area contributed by atoms with E-state index in [0.717, 1.165) is 5.69 Å². The topological polar surface area (TPSA) is 102 Å². The number of nitrogens with one attached hydrogen (secondary N) is 1. The Labute approximate surface area is 203 Å². The number of para-hydroxylation sites is 1. The summed E-state index contributed by atoms with van der Waals surface area (Å²) in [5.74, 6) is 0.890.